The molecule has 2 heteroatoms. The van der Waals surface area contributed by atoms with E-state index >= 15 is 0 Å². The minimum atomic E-state index is -0.149. The van der Waals surface area contributed by atoms with Gasteiger partial charge in [0.05, 0.1) is 0 Å². The Bertz CT molecular complexity index is 583. The molecule has 0 atom stereocenters. The molecule has 1 fully saturated rings. The number of aromatic hydroxyl groups is 2. The van der Waals surface area contributed by atoms with Gasteiger partial charge in [-0.15, -0.1) is 0 Å². The van der Waals surface area contributed by atoms with Crippen LogP contribution in [-0.4, -0.2) is 10.2 Å². The molecule has 0 aliphatic heterocycles. The normalized spacial score (nSPS) is 25.8. The smallest absolute Gasteiger partial charge is 0.119 e. The molecule has 0 amide bonds. The Morgan fingerprint density at radius 3 is 2.32 bits per heavy atom. The first-order chi connectivity index (χ1) is 9.12. The van der Waals surface area contributed by atoms with E-state index in [4.69, 9.17) is 0 Å². The zero-order valence-corrected chi connectivity index (χ0v) is 11.0. The molecule has 2 aromatic carbocycles. The van der Waals surface area contributed by atoms with Crippen LogP contribution in [0.15, 0.2) is 48.5 Å². The fraction of sp³-hybridized carbons (Fsp3) is 0.294. The number of benzene rings is 2. The summed E-state index contributed by atoms with van der Waals surface area (Å²) >= 11 is 0. The zero-order chi connectivity index (χ0) is 13.5. The van der Waals surface area contributed by atoms with Crippen LogP contribution in [0.25, 0.3) is 0 Å². The lowest BCUT2D eigenvalue weighted by Crippen LogP contribution is -2.41. The molecule has 2 nitrogen and oxygen atoms in total. The van der Waals surface area contributed by atoms with Gasteiger partial charge in [-0.2, -0.15) is 0 Å². The number of phenols is 2. The lowest BCUT2D eigenvalue weighted by Gasteiger charge is -2.47. The van der Waals surface area contributed by atoms with Crippen LogP contribution < -0.4 is 0 Å². The molecule has 19 heavy (non-hydrogen) atoms. The number of phenolic OH excluding ortho intramolecular Hbond substituents is 2. The highest BCUT2D eigenvalue weighted by Gasteiger charge is 2.46. The number of rotatable bonds is 2. The van der Waals surface area contributed by atoms with Crippen LogP contribution in [0, 0.1) is 5.92 Å². The predicted molar refractivity (Wildman–Crippen MR) is 75.4 cm³/mol. The van der Waals surface area contributed by atoms with Gasteiger partial charge in [-0.05, 0) is 42.5 Å². The lowest BCUT2D eigenvalue weighted by atomic mass is 9.56. The molecule has 0 radical (unpaired) electrons. The van der Waals surface area contributed by atoms with Gasteiger partial charge in [0.15, 0.2) is 0 Å². The highest BCUT2D eigenvalue weighted by Crippen LogP contribution is 2.54. The summed E-state index contributed by atoms with van der Waals surface area (Å²) in [4.78, 5) is 0. The van der Waals surface area contributed by atoms with Crippen molar-refractivity contribution in [1.29, 1.82) is 0 Å². The first-order valence-corrected chi connectivity index (χ1v) is 6.70. The van der Waals surface area contributed by atoms with Crippen molar-refractivity contribution in [3.05, 3.63) is 59.7 Å². The molecule has 1 aliphatic carbocycles. The molecular weight excluding hydrogens is 236 g/mol. The second-order valence-electron chi connectivity index (χ2n) is 5.66. The molecule has 2 N–H and O–H groups in total. The van der Waals surface area contributed by atoms with E-state index in [1.807, 2.05) is 18.2 Å². The fourth-order valence-corrected chi connectivity index (χ4v) is 3.41. The third kappa shape index (κ3) is 1.88. The Hall–Kier alpha value is -1.96. The zero-order valence-electron chi connectivity index (χ0n) is 11.0. The lowest BCUT2D eigenvalue weighted by molar-refractivity contribution is 0.195. The van der Waals surface area contributed by atoms with Gasteiger partial charge in [-0.1, -0.05) is 37.3 Å². The van der Waals surface area contributed by atoms with Crippen LogP contribution in [0.3, 0.4) is 0 Å². The summed E-state index contributed by atoms with van der Waals surface area (Å²) in [7, 11) is 0. The molecule has 1 aliphatic rings. The van der Waals surface area contributed by atoms with Gasteiger partial charge in [0, 0.05) is 11.0 Å². The molecule has 98 valence electrons. The third-order valence-electron chi connectivity index (χ3n) is 4.22. The fourth-order valence-electron chi connectivity index (χ4n) is 3.41. The number of hydrogen-bond donors (Lipinski definition) is 2. The second-order valence-corrected chi connectivity index (χ2v) is 5.66. The van der Waals surface area contributed by atoms with Gasteiger partial charge in [0.1, 0.15) is 11.5 Å². The van der Waals surface area contributed by atoms with E-state index in [0.717, 1.165) is 18.4 Å². The summed E-state index contributed by atoms with van der Waals surface area (Å²) in [5.41, 5.74) is 1.91. The van der Waals surface area contributed by atoms with E-state index in [2.05, 4.69) is 19.1 Å². The van der Waals surface area contributed by atoms with Crippen LogP contribution >= 0.6 is 0 Å². The van der Waals surface area contributed by atoms with Crippen molar-refractivity contribution < 1.29 is 10.2 Å². The molecular formula is C17H18O2. The van der Waals surface area contributed by atoms with Gasteiger partial charge in [-0.25, -0.2) is 0 Å². The Morgan fingerprint density at radius 1 is 1.00 bits per heavy atom. The average molecular weight is 254 g/mol. The maximum atomic E-state index is 10.2. The summed E-state index contributed by atoms with van der Waals surface area (Å²) in [6.45, 7) is 2.22. The molecule has 0 bridgehead atoms. The minimum Gasteiger partial charge on any atom is -0.508 e. The van der Waals surface area contributed by atoms with Gasteiger partial charge >= 0.3 is 0 Å². The van der Waals surface area contributed by atoms with Crippen LogP contribution in [0.2, 0.25) is 0 Å². The highest BCUT2D eigenvalue weighted by molar-refractivity contribution is 5.51. The van der Waals surface area contributed by atoms with Crippen molar-refractivity contribution in [2.75, 3.05) is 0 Å². The van der Waals surface area contributed by atoms with E-state index in [9.17, 15) is 10.2 Å². The quantitative estimate of drug-likeness (QED) is 0.800. The van der Waals surface area contributed by atoms with Crippen LogP contribution in [-0.2, 0) is 5.41 Å². The van der Waals surface area contributed by atoms with Crippen molar-refractivity contribution in [2.24, 2.45) is 5.92 Å². The van der Waals surface area contributed by atoms with Gasteiger partial charge < -0.3 is 10.2 Å². The molecule has 0 spiro atoms. The van der Waals surface area contributed by atoms with Crippen molar-refractivity contribution >= 4 is 0 Å². The van der Waals surface area contributed by atoms with Crippen molar-refractivity contribution in [3.8, 4) is 11.5 Å². The maximum absolute atomic E-state index is 10.2. The number of hydrogen-bond acceptors (Lipinski definition) is 2. The minimum absolute atomic E-state index is 0.149. The molecule has 3 rings (SSSR count). The summed E-state index contributed by atoms with van der Waals surface area (Å²) in [5.74, 6) is 1.12. The predicted octanol–water partition coefficient (Wildman–Crippen LogP) is 3.81. The Balaban J connectivity index is 2.14. The average Bonchev–Trinajstić information content (AvgIpc) is 2.39. The van der Waals surface area contributed by atoms with E-state index in [1.165, 1.54) is 11.6 Å². The Kier molecular flexibility index (Phi) is 2.74. The molecule has 2 aromatic rings. The molecule has 0 aromatic heterocycles. The standard InChI is InChI=1S/C17H18O2/c1-12-10-17(11-12,13-5-3-2-4-6-13)15-9-14(18)7-8-16(15)19/h2-9,12,18-19H,10-11H2,1H3. The molecule has 0 saturated heterocycles. The summed E-state index contributed by atoms with van der Waals surface area (Å²) in [6, 6.07) is 15.1. The van der Waals surface area contributed by atoms with Crippen LogP contribution in [0.5, 0.6) is 11.5 Å². The van der Waals surface area contributed by atoms with E-state index in [-0.39, 0.29) is 16.9 Å². The van der Waals surface area contributed by atoms with Crippen molar-refractivity contribution in [1.82, 2.24) is 0 Å². The van der Waals surface area contributed by atoms with Crippen molar-refractivity contribution in [2.45, 2.75) is 25.2 Å². The monoisotopic (exact) mass is 254 g/mol. The first-order valence-electron chi connectivity index (χ1n) is 6.70. The third-order valence-corrected chi connectivity index (χ3v) is 4.22. The van der Waals surface area contributed by atoms with Crippen LogP contribution in [0.1, 0.15) is 30.9 Å². The van der Waals surface area contributed by atoms with E-state index in [1.54, 1.807) is 12.1 Å². The molecule has 0 unspecified atom stereocenters. The van der Waals surface area contributed by atoms with Crippen LogP contribution in [0.4, 0.5) is 0 Å². The Labute approximate surface area is 113 Å². The van der Waals surface area contributed by atoms with E-state index < -0.39 is 0 Å². The largest absolute Gasteiger partial charge is 0.508 e. The summed E-state index contributed by atoms with van der Waals surface area (Å²) in [5, 5.41) is 19.9. The summed E-state index contributed by atoms with van der Waals surface area (Å²) < 4.78 is 0. The van der Waals surface area contributed by atoms with E-state index in [0.29, 0.717) is 5.92 Å². The summed E-state index contributed by atoms with van der Waals surface area (Å²) in [6.07, 6.45) is 2.02. The Morgan fingerprint density at radius 2 is 1.68 bits per heavy atom. The van der Waals surface area contributed by atoms with Gasteiger partial charge in [-0.3, -0.25) is 0 Å². The first kappa shape index (κ1) is 12.1. The maximum Gasteiger partial charge on any atom is 0.119 e. The molecule has 0 heterocycles. The second kappa shape index (κ2) is 4.30. The topological polar surface area (TPSA) is 40.5 Å². The highest BCUT2D eigenvalue weighted by atomic mass is 16.3. The van der Waals surface area contributed by atoms with Gasteiger partial charge in [0.2, 0.25) is 0 Å². The SMILES string of the molecule is CC1CC(c2ccccc2)(c2cc(O)ccc2O)C1. The molecule has 1 saturated carbocycles. The van der Waals surface area contributed by atoms with Gasteiger partial charge in [0.25, 0.3) is 0 Å². The van der Waals surface area contributed by atoms with Crippen molar-refractivity contribution in [3.63, 3.8) is 0 Å².